The lowest BCUT2D eigenvalue weighted by Crippen LogP contribution is -2.16. The molecule has 3 aromatic heterocycles. The number of para-hydroxylation sites is 2. The smallest absolute Gasteiger partial charge is 0.0957 e. The van der Waals surface area contributed by atoms with Crippen LogP contribution < -0.4 is 4.90 Å². The van der Waals surface area contributed by atoms with Crippen LogP contribution >= 0.6 is 11.8 Å². The van der Waals surface area contributed by atoms with Crippen molar-refractivity contribution in [1.82, 2.24) is 19.9 Å². The molecule has 0 unspecified atom stereocenters. The van der Waals surface area contributed by atoms with Gasteiger partial charge in [-0.3, -0.25) is 0 Å². The van der Waals surface area contributed by atoms with Crippen molar-refractivity contribution in [2.45, 2.75) is 167 Å². The van der Waals surface area contributed by atoms with Crippen molar-refractivity contribution < 1.29 is 0 Å². The van der Waals surface area contributed by atoms with E-state index in [1.54, 1.807) is 0 Å². The maximum atomic E-state index is 5.88. The molecule has 5 nitrogen and oxygen atoms in total. The summed E-state index contributed by atoms with van der Waals surface area (Å²) in [5.74, 6) is 0. The highest BCUT2D eigenvalue weighted by atomic mass is 32.2. The minimum atomic E-state index is -0.108. The first kappa shape index (κ1) is 54.8. The van der Waals surface area contributed by atoms with Gasteiger partial charge in [0.15, 0.2) is 0 Å². The van der Waals surface area contributed by atoms with Crippen molar-refractivity contribution in [3.05, 3.63) is 184 Å². The molecule has 0 saturated carbocycles. The van der Waals surface area contributed by atoms with Crippen molar-refractivity contribution in [3.8, 4) is 33.4 Å². The van der Waals surface area contributed by atoms with Crippen molar-refractivity contribution in [2.75, 3.05) is 4.90 Å². The standard InChI is InChI=1S/C74H81N5S/c1-69(2,3)47-35-44(36-48(41-47)70(4,5)6)65-53-27-29-55(75-53)66(45-37-49(71(7,8)9)42-50(38-45)72(10,11)12)57-31-33-59(77-57)68(79-61-23-19-21-25-63(61)80-64-26-22-20-24-62(64)79)60-34-32-58(78-60)67(56-30-28-54(65)76-56)46-39-51(73(13,14)15)43-52(40-46)74(16,17)18/h19-43,75,78H,1-18H3. The average molecular weight is 1070 g/mol. The number of anilines is 3. The van der Waals surface area contributed by atoms with E-state index in [1.165, 1.54) is 43.2 Å². The van der Waals surface area contributed by atoms with Gasteiger partial charge in [0.05, 0.1) is 45.4 Å². The van der Waals surface area contributed by atoms with Gasteiger partial charge < -0.3 is 14.9 Å². The molecule has 0 saturated heterocycles. The Morgan fingerprint density at radius 2 is 0.600 bits per heavy atom. The van der Waals surface area contributed by atoms with Crippen LogP contribution in [0, 0.1) is 0 Å². The van der Waals surface area contributed by atoms with Gasteiger partial charge in [-0.25, -0.2) is 9.97 Å². The topological polar surface area (TPSA) is 60.6 Å². The van der Waals surface area contributed by atoms with Crippen LogP contribution in [0.15, 0.2) is 137 Å². The first-order chi connectivity index (χ1) is 37.4. The molecule has 0 aliphatic carbocycles. The van der Waals surface area contributed by atoms with Crippen molar-refractivity contribution in [3.63, 3.8) is 0 Å². The largest absolute Gasteiger partial charge is 0.354 e. The minimum Gasteiger partial charge on any atom is -0.354 e. The average Bonchev–Trinajstić information content (AvgIpc) is 4.23. The van der Waals surface area contributed by atoms with E-state index in [0.717, 1.165) is 95.3 Å². The quantitative estimate of drug-likeness (QED) is 0.184. The summed E-state index contributed by atoms with van der Waals surface area (Å²) in [6.07, 6.45) is 8.98. The lowest BCUT2D eigenvalue weighted by molar-refractivity contribution is 0.568. The summed E-state index contributed by atoms with van der Waals surface area (Å²) in [7, 11) is 0. The van der Waals surface area contributed by atoms with E-state index >= 15 is 0 Å². The van der Waals surface area contributed by atoms with E-state index in [1.807, 2.05) is 11.8 Å². The number of benzene rings is 5. The summed E-state index contributed by atoms with van der Waals surface area (Å²) in [6.45, 7) is 41.8. The van der Waals surface area contributed by atoms with E-state index in [4.69, 9.17) is 9.97 Å². The van der Waals surface area contributed by atoms with Gasteiger partial charge in [0.2, 0.25) is 0 Å². The highest BCUT2D eigenvalue weighted by Crippen LogP contribution is 2.53. The minimum absolute atomic E-state index is 0.104. The molecule has 0 spiro atoms. The van der Waals surface area contributed by atoms with Crippen LogP contribution in [-0.4, -0.2) is 19.9 Å². The zero-order chi connectivity index (χ0) is 57.2. The fourth-order valence-electron chi connectivity index (χ4n) is 11.2. The van der Waals surface area contributed by atoms with Gasteiger partial charge in [-0.2, -0.15) is 0 Å². The number of nitrogens with zero attached hydrogens (tertiary/aromatic N) is 3. The summed E-state index contributed by atoms with van der Waals surface area (Å²) in [5.41, 5.74) is 24.3. The van der Waals surface area contributed by atoms with Crippen LogP contribution in [0.25, 0.3) is 79.8 Å². The highest BCUT2D eigenvalue weighted by Gasteiger charge is 2.31. The molecule has 6 heterocycles. The second-order valence-corrected chi connectivity index (χ2v) is 29.8. The number of aromatic amines is 2. The van der Waals surface area contributed by atoms with Gasteiger partial charge in [0.1, 0.15) is 0 Å². The Balaban J connectivity index is 1.37. The second-order valence-electron chi connectivity index (χ2n) is 28.7. The van der Waals surface area contributed by atoms with Crippen LogP contribution in [-0.2, 0) is 32.5 Å². The van der Waals surface area contributed by atoms with Crippen molar-refractivity contribution in [2.24, 2.45) is 0 Å². The Morgan fingerprint density at radius 1 is 0.325 bits per heavy atom. The molecular formula is C74H81N5S. The number of nitrogens with one attached hydrogen (secondary N) is 2. The fourth-order valence-corrected chi connectivity index (χ4v) is 12.3. The zero-order valence-corrected chi connectivity index (χ0v) is 51.5. The monoisotopic (exact) mass is 1070 g/mol. The third-order valence-electron chi connectivity index (χ3n) is 16.2. The molecule has 0 amide bonds. The van der Waals surface area contributed by atoms with Gasteiger partial charge in [-0.15, -0.1) is 0 Å². The molecule has 8 aromatic rings. The summed E-state index contributed by atoms with van der Waals surface area (Å²) in [4.78, 5) is 24.8. The fraction of sp³-hybridized carbons (Fsp3) is 0.324. The number of hydrogen-bond acceptors (Lipinski definition) is 4. The lowest BCUT2D eigenvalue weighted by Gasteiger charge is -2.33. The Morgan fingerprint density at radius 3 is 0.925 bits per heavy atom. The molecule has 11 rings (SSSR count). The van der Waals surface area contributed by atoms with E-state index in [0.29, 0.717) is 0 Å². The molecule has 0 atom stereocenters. The zero-order valence-electron chi connectivity index (χ0n) is 50.7. The van der Waals surface area contributed by atoms with Gasteiger partial charge in [0, 0.05) is 43.0 Å². The van der Waals surface area contributed by atoms with Crippen LogP contribution in [0.3, 0.4) is 0 Å². The molecule has 3 aliphatic heterocycles. The Bertz CT molecular complexity index is 3820. The van der Waals surface area contributed by atoms with Gasteiger partial charge in [-0.05, 0) is 155 Å². The second kappa shape index (κ2) is 19.3. The van der Waals surface area contributed by atoms with Gasteiger partial charge >= 0.3 is 0 Å². The molecule has 6 heteroatoms. The molecule has 2 N–H and O–H groups in total. The Hall–Kier alpha value is -7.15. The predicted molar refractivity (Wildman–Crippen MR) is 346 cm³/mol. The number of rotatable bonds is 4. The third kappa shape index (κ3) is 10.3. The lowest BCUT2D eigenvalue weighted by atomic mass is 9.78. The molecule has 3 aliphatic rings. The van der Waals surface area contributed by atoms with E-state index in [9.17, 15) is 0 Å². The Labute approximate surface area is 481 Å². The van der Waals surface area contributed by atoms with E-state index in [-0.39, 0.29) is 32.5 Å². The SMILES string of the molecule is CC(C)(C)c1cc(-c2c3nc(c(-c4cc(C(C)(C)C)cc(C(C)(C)C)c4)c4ccc([nH]4)c(N4c5ccccc5Sc5ccccc54)c4nc(c(-c5cc(C(C)(C)C)cc(C(C)(C)C)c5)c5ccc2[nH]5)C=C4)C=C3)cc(C(C)(C)C)c1. The van der Waals surface area contributed by atoms with Crippen molar-refractivity contribution in [1.29, 1.82) is 0 Å². The van der Waals surface area contributed by atoms with Crippen LogP contribution in [0.2, 0.25) is 0 Å². The number of H-pyrrole nitrogens is 2. The summed E-state index contributed by atoms with van der Waals surface area (Å²) < 4.78 is 0. The number of fused-ring (bicyclic) bond motifs is 10. The van der Waals surface area contributed by atoms with Crippen molar-refractivity contribution >= 4 is 75.2 Å². The summed E-state index contributed by atoms with van der Waals surface area (Å²) in [5, 5.41) is 0. The highest BCUT2D eigenvalue weighted by molar-refractivity contribution is 7.99. The molecule has 8 bridgehead atoms. The Kier molecular flexibility index (Phi) is 13.2. The number of hydrogen-bond donors (Lipinski definition) is 2. The van der Waals surface area contributed by atoms with E-state index in [2.05, 4.69) is 291 Å². The summed E-state index contributed by atoms with van der Waals surface area (Å²) >= 11 is 1.82. The van der Waals surface area contributed by atoms with Crippen LogP contribution in [0.5, 0.6) is 0 Å². The molecular weight excluding hydrogens is 991 g/mol. The van der Waals surface area contributed by atoms with E-state index < -0.39 is 0 Å². The van der Waals surface area contributed by atoms with Gasteiger partial charge in [-0.1, -0.05) is 215 Å². The van der Waals surface area contributed by atoms with Gasteiger partial charge in [0.25, 0.3) is 0 Å². The molecule has 408 valence electrons. The molecule has 80 heavy (non-hydrogen) atoms. The molecule has 0 radical (unpaired) electrons. The maximum absolute atomic E-state index is 5.88. The summed E-state index contributed by atoms with van der Waals surface area (Å²) in [6, 6.07) is 48.3. The molecule has 0 fully saturated rings. The number of aromatic nitrogens is 4. The third-order valence-corrected chi connectivity index (χ3v) is 17.4. The van der Waals surface area contributed by atoms with Crippen LogP contribution in [0.4, 0.5) is 17.1 Å². The first-order valence-corrected chi connectivity index (χ1v) is 29.5. The van der Waals surface area contributed by atoms with Crippen LogP contribution in [0.1, 0.15) is 181 Å². The first-order valence-electron chi connectivity index (χ1n) is 28.7. The maximum Gasteiger partial charge on any atom is 0.0957 e. The predicted octanol–water partition coefficient (Wildman–Crippen LogP) is 21.4. The normalized spacial score (nSPS) is 13.9. The molecule has 5 aromatic carbocycles.